The molecule has 0 aliphatic heterocycles. The van der Waals surface area contributed by atoms with Crippen LogP contribution >= 0.6 is 0 Å². The first-order valence-corrected chi connectivity index (χ1v) is 9.87. The second-order valence-electron chi connectivity index (χ2n) is 7.59. The Labute approximate surface area is 147 Å². The van der Waals surface area contributed by atoms with Crippen molar-refractivity contribution in [1.29, 1.82) is 0 Å². The molecule has 142 valence electrons. The molecule has 0 saturated carbocycles. The summed E-state index contributed by atoms with van der Waals surface area (Å²) < 4.78 is 65.1. The minimum Gasteiger partial charge on any atom is -0.376 e. The Balaban J connectivity index is 2.62. The topological polar surface area (TPSA) is 43.4 Å². The Hall–Kier alpha value is -1.24. The van der Waals surface area contributed by atoms with E-state index in [9.17, 15) is 21.6 Å². The summed E-state index contributed by atoms with van der Waals surface area (Å²) in [7, 11) is -5.67. The van der Waals surface area contributed by atoms with Gasteiger partial charge in [-0.25, -0.2) is 0 Å². The van der Waals surface area contributed by atoms with Crippen LogP contribution in [0.1, 0.15) is 70.1 Å². The zero-order chi connectivity index (χ0) is 19.3. The quantitative estimate of drug-likeness (QED) is 0.512. The van der Waals surface area contributed by atoms with Gasteiger partial charge in [0.25, 0.3) is 0 Å². The van der Waals surface area contributed by atoms with Crippen molar-refractivity contribution in [3.05, 3.63) is 28.8 Å². The van der Waals surface area contributed by atoms with Crippen LogP contribution in [0.3, 0.4) is 0 Å². The Morgan fingerprint density at radius 3 is 2.28 bits per heavy atom. The Morgan fingerprint density at radius 1 is 1.20 bits per heavy atom. The molecule has 3 nitrogen and oxygen atoms in total. The molecule has 25 heavy (non-hydrogen) atoms. The van der Waals surface area contributed by atoms with E-state index in [1.165, 1.54) is 12.1 Å². The zero-order valence-corrected chi connectivity index (χ0v) is 16.1. The maximum absolute atomic E-state index is 12.6. The highest BCUT2D eigenvalue weighted by Gasteiger charge is 2.50. The maximum atomic E-state index is 12.6. The average molecular weight is 378 g/mol. The van der Waals surface area contributed by atoms with E-state index in [2.05, 4.69) is 31.9 Å². The van der Waals surface area contributed by atoms with Crippen LogP contribution in [-0.4, -0.2) is 13.9 Å². The van der Waals surface area contributed by atoms with E-state index >= 15 is 0 Å². The lowest BCUT2D eigenvalue weighted by atomic mass is 9.73. The lowest BCUT2D eigenvalue weighted by molar-refractivity contribution is -0.0500. The van der Waals surface area contributed by atoms with Gasteiger partial charge in [0.2, 0.25) is 0 Å². The van der Waals surface area contributed by atoms with Crippen molar-refractivity contribution in [3.63, 3.8) is 0 Å². The van der Waals surface area contributed by atoms with Crippen molar-refractivity contribution in [3.8, 4) is 5.75 Å². The van der Waals surface area contributed by atoms with Gasteiger partial charge in [0.05, 0.1) is 0 Å². The highest BCUT2D eigenvalue weighted by molar-refractivity contribution is 7.88. The SMILES string of the molecule is CCCC1(CC)CC(C)(C)c2c(C)cc(OS(=O)(=O)C(F)(F)F)cc21. The van der Waals surface area contributed by atoms with Crippen molar-refractivity contribution in [2.24, 2.45) is 0 Å². The van der Waals surface area contributed by atoms with Gasteiger partial charge in [-0.1, -0.05) is 34.1 Å². The summed E-state index contributed by atoms with van der Waals surface area (Å²) in [6, 6.07) is 2.89. The molecule has 1 atom stereocenters. The van der Waals surface area contributed by atoms with E-state index in [-0.39, 0.29) is 16.6 Å². The van der Waals surface area contributed by atoms with Crippen molar-refractivity contribution >= 4 is 10.1 Å². The molecule has 1 aliphatic rings. The summed E-state index contributed by atoms with van der Waals surface area (Å²) in [6.07, 6.45) is 3.56. The second-order valence-corrected chi connectivity index (χ2v) is 9.13. The van der Waals surface area contributed by atoms with Gasteiger partial charge in [-0.2, -0.15) is 21.6 Å². The maximum Gasteiger partial charge on any atom is 0.534 e. The number of hydrogen-bond acceptors (Lipinski definition) is 3. The fourth-order valence-electron chi connectivity index (χ4n) is 4.52. The first-order chi connectivity index (χ1) is 11.3. The number of fused-ring (bicyclic) bond motifs is 1. The first kappa shape index (κ1) is 20.1. The molecule has 1 aromatic carbocycles. The molecule has 0 aromatic heterocycles. The minimum atomic E-state index is -5.67. The van der Waals surface area contributed by atoms with Crippen LogP contribution in [0.4, 0.5) is 13.2 Å². The number of alkyl halides is 3. The number of aryl methyl sites for hydroxylation is 1. The van der Waals surface area contributed by atoms with Gasteiger partial charge in [-0.15, -0.1) is 0 Å². The van der Waals surface area contributed by atoms with Gasteiger partial charge >= 0.3 is 15.6 Å². The van der Waals surface area contributed by atoms with Gasteiger partial charge in [-0.3, -0.25) is 0 Å². The first-order valence-electron chi connectivity index (χ1n) is 8.46. The molecular formula is C18H25F3O3S. The van der Waals surface area contributed by atoms with Crippen LogP contribution in [0, 0.1) is 6.92 Å². The Bertz CT molecular complexity index is 767. The largest absolute Gasteiger partial charge is 0.534 e. The second kappa shape index (κ2) is 6.18. The predicted octanol–water partition coefficient (Wildman–Crippen LogP) is 5.35. The summed E-state index contributed by atoms with van der Waals surface area (Å²) in [5, 5.41) is 0. The van der Waals surface area contributed by atoms with E-state index in [0.29, 0.717) is 0 Å². The summed E-state index contributed by atoms with van der Waals surface area (Å²) in [6.45, 7) is 10.2. The minimum absolute atomic E-state index is 0.119. The molecule has 0 spiro atoms. The molecule has 0 bridgehead atoms. The van der Waals surface area contributed by atoms with E-state index in [4.69, 9.17) is 0 Å². The van der Waals surface area contributed by atoms with Gasteiger partial charge in [0.1, 0.15) is 5.75 Å². The molecule has 1 unspecified atom stereocenters. The molecule has 7 heteroatoms. The number of rotatable bonds is 5. The number of halogens is 3. The monoisotopic (exact) mass is 378 g/mol. The lowest BCUT2D eigenvalue weighted by Gasteiger charge is -2.31. The number of benzene rings is 1. The Morgan fingerprint density at radius 2 is 1.80 bits per heavy atom. The van der Waals surface area contributed by atoms with Crippen LogP contribution in [0.15, 0.2) is 12.1 Å². The van der Waals surface area contributed by atoms with E-state index in [1.807, 2.05) is 0 Å². The van der Waals surface area contributed by atoms with Crippen LogP contribution < -0.4 is 4.18 Å². The molecule has 0 fully saturated rings. The molecule has 1 aromatic rings. The van der Waals surface area contributed by atoms with Crippen molar-refractivity contribution in [2.45, 2.75) is 76.6 Å². The Kier molecular flexibility index (Phi) is 4.96. The zero-order valence-electron chi connectivity index (χ0n) is 15.3. The van der Waals surface area contributed by atoms with Gasteiger partial charge < -0.3 is 4.18 Å². The summed E-state index contributed by atoms with van der Waals surface area (Å²) >= 11 is 0. The molecule has 2 rings (SSSR count). The summed E-state index contributed by atoms with van der Waals surface area (Å²) in [4.78, 5) is 0. The molecule has 0 N–H and O–H groups in total. The van der Waals surface area contributed by atoms with Crippen LogP contribution in [0.2, 0.25) is 0 Å². The fourth-order valence-corrected chi connectivity index (χ4v) is 4.96. The van der Waals surface area contributed by atoms with Gasteiger partial charge in [-0.05, 0) is 65.8 Å². The van der Waals surface area contributed by atoms with Crippen LogP contribution in [0.25, 0.3) is 0 Å². The van der Waals surface area contributed by atoms with Crippen LogP contribution in [-0.2, 0) is 20.9 Å². The third-order valence-corrected chi connectivity index (χ3v) is 6.21. The average Bonchev–Trinajstić information content (AvgIpc) is 2.66. The highest BCUT2D eigenvalue weighted by atomic mass is 32.2. The summed E-state index contributed by atoms with van der Waals surface area (Å²) in [5.74, 6) is -0.264. The standard InChI is InChI=1S/C18H25F3O3S/c1-6-8-17(7-2)11-16(4,5)15-12(3)9-13(10-14(15)17)24-25(22,23)18(19,20)21/h9-10H,6-8,11H2,1-5H3. The lowest BCUT2D eigenvalue weighted by Crippen LogP contribution is -2.28. The van der Waals surface area contributed by atoms with E-state index in [0.717, 1.165) is 42.4 Å². The molecular weight excluding hydrogens is 353 g/mol. The highest BCUT2D eigenvalue weighted by Crippen LogP contribution is 2.55. The number of hydrogen-bond donors (Lipinski definition) is 0. The van der Waals surface area contributed by atoms with Crippen molar-refractivity contribution < 1.29 is 25.8 Å². The summed E-state index contributed by atoms with van der Waals surface area (Å²) in [5.41, 5.74) is -2.94. The smallest absolute Gasteiger partial charge is 0.376 e. The van der Waals surface area contributed by atoms with Crippen molar-refractivity contribution in [2.75, 3.05) is 0 Å². The van der Waals surface area contributed by atoms with E-state index in [1.54, 1.807) is 6.92 Å². The molecule has 0 saturated heterocycles. The fraction of sp³-hybridized carbons (Fsp3) is 0.667. The molecule has 0 amide bonds. The van der Waals surface area contributed by atoms with Gasteiger partial charge in [0.15, 0.2) is 0 Å². The van der Waals surface area contributed by atoms with Crippen molar-refractivity contribution in [1.82, 2.24) is 0 Å². The third kappa shape index (κ3) is 3.39. The van der Waals surface area contributed by atoms with Crippen LogP contribution in [0.5, 0.6) is 5.75 Å². The molecule has 0 radical (unpaired) electrons. The normalized spacial score (nSPS) is 22.7. The van der Waals surface area contributed by atoms with E-state index < -0.39 is 15.6 Å². The van der Waals surface area contributed by atoms with Gasteiger partial charge in [0, 0.05) is 0 Å². The predicted molar refractivity (Wildman–Crippen MR) is 91.3 cm³/mol. The third-order valence-electron chi connectivity index (χ3n) is 5.23. The molecule has 0 heterocycles. The molecule has 1 aliphatic carbocycles.